The number of likely N-dealkylation sites (tertiary alicyclic amines) is 1. The summed E-state index contributed by atoms with van der Waals surface area (Å²) in [5, 5.41) is 11.6. The molecule has 0 aromatic heterocycles. The molecule has 2 amide bonds. The molecule has 1 heterocycles. The fourth-order valence-electron chi connectivity index (χ4n) is 2.78. The van der Waals surface area contributed by atoms with Crippen LogP contribution in [0.5, 0.6) is 0 Å². The van der Waals surface area contributed by atoms with Crippen LogP contribution < -0.4 is 5.32 Å². The average molecular weight is 284 g/mol. The molecule has 5 nitrogen and oxygen atoms in total. The molecule has 0 radical (unpaired) electrons. The Morgan fingerprint density at radius 1 is 1.30 bits per heavy atom. The predicted octanol–water partition coefficient (Wildman–Crippen LogP) is 2.71. The van der Waals surface area contributed by atoms with E-state index in [2.05, 4.69) is 19.2 Å². The molecule has 2 atom stereocenters. The number of nitrogens with zero attached hydrogens (tertiary/aromatic N) is 1. The van der Waals surface area contributed by atoms with Crippen LogP contribution >= 0.6 is 0 Å². The summed E-state index contributed by atoms with van der Waals surface area (Å²) in [4.78, 5) is 24.6. The Kier molecular flexibility index (Phi) is 6.82. The van der Waals surface area contributed by atoms with Gasteiger partial charge in [0.1, 0.15) is 0 Å². The van der Waals surface area contributed by atoms with Crippen LogP contribution in [0.3, 0.4) is 0 Å². The molecule has 1 fully saturated rings. The molecule has 20 heavy (non-hydrogen) atoms. The number of aliphatic carboxylic acids is 1. The minimum Gasteiger partial charge on any atom is -0.481 e. The van der Waals surface area contributed by atoms with Crippen molar-refractivity contribution in [2.75, 3.05) is 13.1 Å². The highest BCUT2D eigenvalue weighted by molar-refractivity contribution is 5.74. The molecule has 2 unspecified atom stereocenters. The smallest absolute Gasteiger partial charge is 0.317 e. The molecule has 5 heteroatoms. The van der Waals surface area contributed by atoms with Crippen LogP contribution in [0, 0.1) is 11.8 Å². The van der Waals surface area contributed by atoms with Gasteiger partial charge in [0, 0.05) is 25.6 Å². The van der Waals surface area contributed by atoms with E-state index in [9.17, 15) is 9.59 Å². The number of urea groups is 1. The third kappa shape index (κ3) is 5.39. The topological polar surface area (TPSA) is 69.6 Å². The van der Waals surface area contributed by atoms with E-state index in [1.165, 1.54) is 0 Å². The number of carboxylic acids is 1. The summed E-state index contributed by atoms with van der Waals surface area (Å²) in [6, 6.07) is 0.395. The van der Waals surface area contributed by atoms with Crippen molar-refractivity contribution in [3.8, 4) is 0 Å². The lowest BCUT2D eigenvalue weighted by atomic mass is 10.0. The van der Waals surface area contributed by atoms with Crippen molar-refractivity contribution in [2.45, 2.75) is 58.9 Å². The standard InChI is InChI=1S/C15H28N2O3/c1-11(2)13-5-4-10-17(13)15(20)16-9-8-12(3)6-7-14(18)19/h11-13H,4-10H2,1-3H3,(H,16,20)(H,18,19). The maximum absolute atomic E-state index is 12.1. The molecule has 1 aliphatic rings. The SMILES string of the molecule is CC(CCNC(=O)N1CCCC1C(C)C)CCC(=O)O. The van der Waals surface area contributed by atoms with E-state index < -0.39 is 5.97 Å². The monoisotopic (exact) mass is 284 g/mol. The van der Waals surface area contributed by atoms with Gasteiger partial charge in [-0.15, -0.1) is 0 Å². The first-order valence-corrected chi connectivity index (χ1v) is 7.68. The fourth-order valence-corrected chi connectivity index (χ4v) is 2.78. The van der Waals surface area contributed by atoms with Crippen LogP contribution in [0.15, 0.2) is 0 Å². The highest BCUT2D eigenvalue weighted by Gasteiger charge is 2.30. The van der Waals surface area contributed by atoms with Crippen molar-refractivity contribution >= 4 is 12.0 Å². The molecule has 0 aromatic rings. The number of amides is 2. The molecule has 0 aliphatic carbocycles. The maximum Gasteiger partial charge on any atom is 0.317 e. The van der Waals surface area contributed by atoms with E-state index in [0.717, 1.165) is 25.8 Å². The van der Waals surface area contributed by atoms with E-state index in [4.69, 9.17) is 5.11 Å². The number of hydrogen-bond acceptors (Lipinski definition) is 2. The van der Waals surface area contributed by atoms with Gasteiger partial charge in [-0.05, 0) is 37.5 Å². The second-order valence-electron chi connectivity index (χ2n) is 6.21. The number of carbonyl (C=O) groups excluding carboxylic acids is 1. The summed E-state index contributed by atoms with van der Waals surface area (Å²) in [5.74, 6) is 0.0707. The zero-order valence-electron chi connectivity index (χ0n) is 12.9. The van der Waals surface area contributed by atoms with Crippen molar-refractivity contribution < 1.29 is 14.7 Å². The number of hydrogen-bond donors (Lipinski definition) is 2. The van der Waals surface area contributed by atoms with Gasteiger partial charge in [0.15, 0.2) is 0 Å². The summed E-state index contributed by atoms with van der Waals surface area (Å²) in [7, 11) is 0. The van der Waals surface area contributed by atoms with Gasteiger partial charge in [-0.2, -0.15) is 0 Å². The molecule has 1 rings (SSSR count). The lowest BCUT2D eigenvalue weighted by Crippen LogP contribution is -2.45. The number of rotatable bonds is 7. The van der Waals surface area contributed by atoms with Gasteiger partial charge in [0.05, 0.1) is 0 Å². The number of carboxylic acid groups (broad SMARTS) is 1. The van der Waals surface area contributed by atoms with E-state index in [1.54, 1.807) is 0 Å². The minimum atomic E-state index is -0.752. The Morgan fingerprint density at radius 2 is 2.00 bits per heavy atom. The summed E-state index contributed by atoms with van der Waals surface area (Å²) >= 11 is 0. The van der Waals surface area contributed by atoms with Crippen molar-refractivity contribution in [1.29, 1.82) is 0 Å². The first kappa shape index (κ1) is 16.8. The predicted molar refractivity (Wildman–Crippen MR) is 78.6 cm³/mol. The Labute approximate surface area is 121 Å². The Hall–Kier alpha value is -1.26. The van der Waals surface area contributed by atoms with Gasteiger partial charge in [-0.1, -0.05) is 20.8 Å². The molecule has 1 aliphatic heterocycles. The van der Waals surface area contributed by atoms with E-state index in [-0.39, 0.29) is 12.5 Å². The third-order valence-electron chi connectivity index (χ3n) is 4.09. The van der Waals surface area contributed by atoms with Crippen molar-refractivity contribution in [3.63, 3.8) is 0 Å². The molecule has 0 bridgehead atoms. The summed E-state index contributed by atoms with van der Waals surface area (Å²) in [6.07, 6.45) is 3.89. The minimum absolute atomic E-state index is 0.0339. The summed E-state index contributed by atoms with van der Waals surface area (Å²) in [6.45, 7) is 7.82. The molecular weight excluding hydrogens is 256 g/mol. The summed E-state index contributed by atoms with van der Waals surface area (Å²) in [5.41, 5.74) is 0. The van der Waals surface area contributed by atoms with Gasteiger partial charge < -0.3 is 15.3 Å². The molecule has 0 saturated carbocycles. The molecule has 1 saturated heterocycles. The Balaban J connectivity index is 2.24. The van der Waals surface area contributed by atoms with Crippen LogP contribution in [0.25, 0.3) is 0 Å². The number of nitrogens with one attached hydrogen (secondary N) is 1. The number of carbonyl (C=O) groups is 2. The van der Waals surface area contributed by atoms with Crippen LogP contribution in [-0.2, 0) is 4.79 Å². The normalized spacial score (nSPS) is 20.2. The van der Waals surface area contributed by atoms with Crippen LogP contribution in [-0.4, -0.2) is 41.1 Å². The van der Waals surface area contributed by atoms with Gasteiger partial charge in [0.2, 0.25) is 0 Å². The first-order chi connectivity index (χ1) is 9.41. The van der Waals surface area contributed by atoms with Gasteiger partial charge in [-0.25, -0.2) is 4.79 Å². The highest BCUT2D eigenvalue weighted by Crippen LogP contribution is 2.23. The van der Waals surface area contributed by atoms with Crippen LogP contribution in [0.2, 0.25) is 0 Å². The van der Waals surface area contributed by atoms with E-state index in [1.807, 2.05) is 11.8 Å². The molecule has 116 valence electrons. The van der Waals surface area contributed by atoms with Crippen molar-refractivity contribution in [1.82, 2.24) is 10.2 Å². The average Bonchev–Trinajstić information content (AvgIpc) is 2.85. The zero-order valence-corrected chi connectivity index (χ0v) is 12.9. The molecular formula is C15H28N2O3. The molecule has 2 N–H and O–H groups in total. The molecule has 0 spiro atoms. The second-order valence-corrected chi connectivity index (χ2v) is 6.21. The van der Waals surface area contributed by atoms with Gasteiger partial charge >= 0.3 is 12.0 Å². The fraction of sp³-hybridized carbons (Fsp3) is 0.867. The summed E-state index contributed by atoms with van der Waals surface area (Å²) < 4.78 is 0. The van der Waals surface area contributed by atoms with Crippen LogP contribution in [0.1, 0.15) is 52.9 Å². The quantitative estimate of drug-likeness (QED) is 0.755. The lowest BCUT2D eigenvalue weighted by Gasteiger charge is -2.28. The molecule has 0 aromatic carbocycles. The van der Waals surface area contributed by atoms with E-state index in [0.29, 0.717) is 30.8 Å². The Bertz CT molecular complexity index is 331. The van der Waals surface area contributed by atoms with Gasteiger partial charge in [-0.3, -0.25) is 4.79 Å². The third-order valence-corrected chi connectivity index (χ3v) is 4.09. The largest absolute Gasteiger partial charge is 0.481 e. The highest BCUT2D eigenvalue weighted by atomic mass is 16.4. The van der Waals surface area contributed by atoms with Crippen molar-refractivity contribution in [2.24, 2.45) is 11.8 Å². The zero-order chi connectivity index (χ0) is 15.1. The maximum atomic E-state index is 12.1. The van der Waals surface area contributed by atoms with Crippen molar-refractivity contribution in [3.05, 3.63) is 0 Å². The lowest BCUT2D eigenvalue weighted by molar-refractivity contribution is -0.137. The van der Waals surface area contributed by atoms with Crippen LogP contribution in [0.4, 0.5) is 4.79 Å². The van der Waals surface area contributed by atoms with Gasteiger partial charge in [0.25, 0.3) is 0 Å². The second kappa shape index (κ2) is 8.12. The Morgan fingerprint density at radius 3 is 2.60 bits per heavy atom. The first-order valence-electron chi connectivity index (χ1n) is 7.68. The van der Waals surface area contributed by atoms with E-state index >= 15 is 0 Å².